The van der Waals surface area contributed by atoms with E-state index in [1.807, 2.05) is 26.8 Å². The third-order valence-corrected chi connectivity index (χ3v) is 4.81. The topological polar surface area (TPSA) is 71.6 Å². The molecule has 2 aromatic rings. The number of rotatable bonds is 2. The monoisotopic (exact) mass is 422 g/mol. The van der Waals surface area contributed by atoms with Gasteiger partial charge in [0.05, 0.1) is 6.54 Å². The maximum Gasteiger partial charge on any atom is 0.410 e. The van der Waals surface area contributed by atoms with Gasteiger partial charge in [0.2, 0.25) is 0 Å². The number of halogens is 1. The number of aromatic nitrogens is 1. The Kier molecular flexibility index (Phi) is 5.27. The fraction of sp³-hybridized carbons (Fsp3) is 0.474. The molecule has 0 spiro atoms. The number of carbonyl (C=O) groups is 1. The molecule has 0 aliphatic carbocycles. The van der Waals surface area contributed by atoms with Gasteiger partial charge >= 0.3 is 6.09 Å². The summed E-state index contributed by atoms with van der Waals surface area (Å²) in [5.41, 5.74) is -0.647. The number of piperidine rings is 1. The van der Waals surface area contributed by atoms with E-state index in [9.17, 15) is 9.59 Å². The molecule has 1 aliphatic rings. The van der Waals surface area contributed by atoms with Crippen molar-refractivity contribution in [2.75, 3.05) is 13.1 Å². The van der Waals surface area contributed by atoms with Crippen LogP contribution in [0.4, 0.5) is 4.79 Å². The number of benzene rings is 1. The summed E-state index contributed by atoms with van der Waals surface area (Å²) in [5.74, 6) is 0.680. The van der Waals surface area contributed by atoms with Crippen LogP contribution in [-0.2, 0) is 4.74 Å². The fourth-order valence-electron chi connectivity index (χ4n) is 3.00. The van der Waals surface area contributed by atoms with Gasteiger partial charge in [-0.25, -0.2) is 4.79 Å². The summed E-state index contributed by atoms with van der Waals surface area (Å²) in [6, 6.07) is 5.39. The van der Waals surface area contributed by atoms with Crippen molar-refractivity contribution in [3.8, 4) is 5.75 Å². The second kappa shape index (κ2) is 7.31. The van der Waals surface area contributed by atoms with Crippen LogP contribution in [0.1, 0.15) is 33.6 Å². The van der Waals surface area contributed by atoms with Gasteiger partial charge in [-0.2, -0.15) is 0 Å². The molecule has 140 valence electrons. The number of amides is 1. The van der Waals surface area contributed by atoms with Gasteiger partial charge in [0.1, 0.15) is 17.5 Å². The van der Waals surface area contributed by atoms with E-state index in [1.54, 1.807) is 23.2 Å². The molecule has 1 aliphatic heterocycles. The van der Waals surface area contributed by atoms with E-state index in [1.165, 1.54) is 0 Å². The third-order valence-electron chi connectivity index (χ3n) is 4.16. The minimum absolute atomic E-state index is 0.102. The fourth-order valence-corrected chi connectivity index (χ4v) is 3.44. The zero-order valence-corrected chi connectivity index (χ0v) is 16.8. The Labute approximate surface area is 160 Å². The zero-order chi connectivity index (χ0) is 18.9. The second-order valence-corrected chi connectivity index (χ2v) is 8.34. The van der Waals surface area contributed by atoms with Gasteiger partial charge in [-0.05, 0) is 67.7 Å². The first-order valence-corrected chi connectivity index (χ1v) is 9.48. The number of fused-ring (bicyclic) bond motifs is 1. The Hall–Kier alpha value is -2.02. The van der Waals surface area contributed by atoms with Crippen LogP contribution in [0.3, 0.4) is 0 Å². The Morgan fingerprint density at radius 3 is 2.81 bits per heavy atom. The minimum Gasteiger partial charge on any atom is -0.489 e. The van der Waals surface area contributed by atoms with Crippen LogP contribution in [0.25, 0.3) is 10.8 Å². The molecule has 7 heteroatoms. The highest BCUT2D eigenvalue weighted by Gasteiger charge is 2.28. The van der Waals surface area contributed by atoms with E-state index >= 15 is 0 Å². The first-order chi connectivity index (χ1) is 12.2. The maximum atomic E-state index is 12.3. The second-order valence-electron chi connectivity index (χ2n) is 7.48. The van der Waals surface area contributed by atoms with Gasteiger partial charge in [0, 0.05) is 28.0 Å². The molecule has 1 saturated heterocycles. The normalized spacial score (nSPS) is 18.0. The van der Waals surface area contributed by atoms with Crippen molar-refractivity contribution in [2.45, 2.75) is 45.3 Å². The average molecular weight is 423 g/mol. The predicted molar refractivity (Wildman–Crippen MR) is 104 cm³/mol. The molecule has 26 heavy (non-hydrogen) atoms. The molecule has 3 rings (SSSR count). The van der Waals surface area contributed by atoms with Crippen molar-refractivity contribution >= 4 is 32.8 Å². The van der Waals surface area contributed by atoms with E-state index in [0.717, 1.165) is 22.7 Å². The molecular weight excluding hydrogens is 400 g/mol. The van der Waals surface area contributed by atoms with Crippen molar-refractivity contribution in [1.82, 2.24) is 9.88 Å². The molecule has 1 aromatic carbocycles. The molecule has 0 bridgehead atoms. The number of ether oxygens (including phenoxy) is 2. The summed E-state index contributed by atoms with van der Waals surface area (Å²) in [4.78, 5) is 28.5. The number of nitrogens with one attached hydrogen (secondary N) is 1. The smallest absolute Gasteiger partial charge is 0.410 e. The standard InChI is InChI=1S/C19H23BrN2O4/c1-19(2,3)26-18(24)22-8-4-5-13(11-22)25-12-6-7-14-15(9-12)16(20)10-21-17(14)23/h6-7,9-10,13H,4-5,8,11H2,1-3H3,(H,21,23). The van der Waals surface area contributed by atoms with Crippen LogP contribution in [0.5, 0.6) is 5.75 Å². The van der Waals surface area contributed by atoms with Gasteiger partial charge in [0.15, 0.2) is 0 Å². The molecule has 1 fully saturated rings. The first kappa shape index (κ1) is 18.8. The Morgan fingerprint density at radius 1 is 1.31 bits per heavy atom. The molecule has 1 amide bonds. The molecule has 0 radical (unpaired) electrons. The molecular formula is C19H23BrN2O4. The lowest BCUT2D eigenvalue weighted by Gasteiger charge is -2.34. The van der Waals surface area contributed by atoms with Crippen molar-refractivity contribution in [2.24, 2.45) is 0 Å². The van der Waals surface area contributed by atoms with Crippen LogP contribution < -0.4 is 10.3 Å². The van der Waals surface area contributed by atoms with Gasteiger partial charge in [-0.1, -0.05) is 0 Å². The van der Waals surface area contributed by atoms with Crippen molar-refractivity contribution in [3.63, 3.8) is 0 Å². The summed E-state index contributed by atoms with van der Waals surface area (Å²) in [5, 5.41) is 1.40. The van der Waals surface area contributed by atoms with Gasteiger partial charge < -0.3 is 19.4 Å². The number of likely N-dealkylation sites (tertiary alicyclic amines) is 1. The highest BCUT2D eigenvalue weighted by atomic mass is 79.9. The summed E-state index contributed by atoms with van der Waals surface area (Å²) >= 11 is 3.45. The van der Waals surface area contributed by atoms with E-state index < -0.39 is 5.60 Å². The molecule has 6 nitrogen and oxygen atoms in total. The maximum absolute atomic E-state index is 12.3. The SMILES string of the molecule is CC(C)(C)OC(=O)N1CCCC(Oc2ccc3c(=O)[nH]cc(Br)c3c2)C1. The van der Waals surface area contributed by atoms with Crippen LogP contribution in [0, 0.1) is 0 Å². The minimum atomic E-state index is -0.511. The highest BCUT2D eigenvalue weighted by molar-refractivity contribution is 9.10. The van der Waals surface area contributed by atoms with Crippen LogP contribution in [-0.4, -0.2) is 40.8 Å². The molecule has 1 unspecified atom stereocenters. The molecule has 1 aromatic heterocycles. The van der Waals surface area contributed by atoms with Gasteiger partial charge in [-0.15, -0.1) is 0 Å². The van der Waals surface area contributed by atoms with E-state index in [-0.39, 0.29) is 17.8 Å². The number of carbonyl (C=O) groups excluding carboxylic acids is 1. The number of nitrogens with zero attached hydrogens (tertiary/aromatic N) is 1. The molecule has 0 saturated carbocycles. The number of H-pyrrole nitrogens is 1. The number of pyridine rings is 1. The largest absolute Gasteiger partial charge is 0.489 e. The van der Waals surface area contributed by atoms with Crippen molar-refractivity contribution in [3.05, 3.63) is 39.2 Å². The predicted octanol–water partition coefficient (Wildman–Crippen LogP) is 4.07. The number of hydrogen-bond donors (Lipinski definition) is 1. The summed E-state index contributed by atoms with van der Waals surface area (Å²) in [6.45, 7) is 6.74. The van der Waals surface area contributed by atoms with E-state index in [0.29, 0.717) is 24.2 Å². The molecule has 1 atom stereocenters. The summed E-state index contributed by atoms with van der Waals surface area (Å²) < 4.78 is 12.3. The third kappa shape index (κ3) is 4.38. The van der Waals surface area contributed by atoms with E-state index in [4.69, 9.17) is 9.47 Å². The lowest BCUT2D eigenvalue weighted by molar-refractivity contribution is 0.00777. The van der Waals surface area contributed by atoms with Crippen LogP contribution in [0.2, 0.25) is 0 Å². The van der Waals surface area contributed by atoms with Crippen LogP contribution in [0.15, 0.2) is 33.7 Å². The Balaban J connectivity index is 1.72. The molecule has 2 heterocycles. The quantitative estimate of drug-likeness (QED) is 0.791. The highest BCUT2D eigenvalue weighted by Crippen LogP contribution is 2.27. The zero-order valence-electron chi connectivity index (χ0n) is 15.2. The Bertz CT molecular complexity index is 872. The van der Waals surface area contributed by atoms with Gasteiger partial charge in [-0.3, -0.25) is 4.79 Å². The van der Waals surface area contributed by atoms with Crippen LogP contribution >= 0.6 is 15.9 Å². The number of aromatic amines is 1. The average Bonchev–Trinajstić information content (AvgIpc) is 2.57. The van der Waals surface area contributed by atoms with Crippen molar-refractivity contribution in [1.29, 1.82) is 0 Å². The lowest BCUT2D eigenvalue weighted by atomic mass is 10.1. The summed E-state index contributed by atoms with van der Waals surface area (Å²) in [6.07, 6.45) is 2.95. The van der Waals surface area contributed by atoms with E-state index in [2.05, 4.69) is 20.9 Å². The lowest BCUT2D eigenvalue weighted by Crippen LogP contribution is -2.46. The van der Waals surface area contributed by atoms with Crippen molar-refractivity contribution < 1.29 is 14.3 Å². The van der Waals surface area contributed by atoms with Gasteiger partial charge in [0.25, 0.3) is 5.56 Å². The molecule has 1 N–H and O–H groups in total. The Morgan fingerprint density at radius 2 is 2.08 bits per heavy atom. The summed E-state index contributed by atoms with van der Waals surface area (Å²) in [7, 11) is 0. The number of hydrogen-bond acceptors (Lipinski definition) is 4. The first-order valence-electron chi connectivity index (χ1n) is 8.68.